The normalized spacial score (nSPS) is 16.5. The second kappa shape index (κ2) is 10.9. The van der Waals surface area contributed by atoms with Gasteiger partial charge >= 0.3 is 18.1 Å². The lowest BCUT2D eigenvalue weighted by molar-refractivity contribution is -0.138. The fraction of sp³-hybridized carbons (Fsp3) is 0.421. The van der Waals surface area contributed by atoms with Crippen LogP contribution < -0.4 is 21.7 Å². The SMILES string of the molecule is C[C@H](NC(=O)OCc1cccc(NC(=O)CN2C(=O)N[C@@H](CCCN)C2=O)c1)C(=O)O. The molecule has 1 aliphatic heterocycles. The van der Waals surface area contributed by atoms with Gasteiger partial charge in [-0.1, -0.05) is 12.1 Å². The van der Waals surface area contributed by atoms with Gasteiger partial charge in [-0.15, -0.1) is 0 Å². The van der Waals surface area contributed by atoms with Crippen molar-refractivity contribution in [2.24, 2.45) is 5.73 Å². The van der Waals surface area contributed by atoms with Crippen LogP contribution in [0, 0.1) is 0 Å². The standard InChI is InChI=1S/C19H25N5O7/c1-11(17(27)28)21-19(30)31-10-12-4-2-5-13(8-12)22-15(25)9-24-16(26)14(6-3-7-20)23-18(24)29/h2,4-5,8,11,14H,3,6-7,9-10,20H2,1H3,(H,21,30)(H,22,25)(H,23,29)(H,27,28)/t11-,14-/m0/s1. The molecule has 5 amide bonds. The van der Waals surface area contributed by atoms with Crippen LogP contribution >= 0.6 is 0 Å². The van der Waals surface area contributed by atoms with Crippen molar-refractivity contribution >= 4 is 35.6 Å². The lowest BCUT2D eigenvalue weighted by atomic mass is 10.1. The third kappa shape index (κ3) is 6.96. The molecule has 0 unspecified atom stereocenters. The van der Waals surface area contributed by atoms with Crippen LogP contribution in [0.1, 0.15) is 25.3 Å². The number of nitrogens with one attached hydrogen (secondary N) is 3. The van der Waals surface area contributed by atoms with E-state index in [1.807, 2.05) is 0 Å². The van der Waals surface area contributed by atoms with E-state index in [-0.39, 0.29) is 6.61 Å². The first-order valence-corrected chi connectivity index (χ1v) is 9.58. The molecule has 0 spiro atoms. The van der Waals surface area contributed by atoms with Crippen molar-refractivity contribution in [3.05, 3.63) is 29.8 Å². The van der Waals surface area contributed by atoms with Gasteiger partial charge in [0.25, 0.3) is 5.91 Å². The van der Waals surface area contributed by atoms with E-state index in [1.54, 1.807) is 24.3 Å². The lowest BCUT2D eigenvalue weighted by Crippen LogP contribution is -2.38. The first-order chi connectivity index (χ1) is 14.7. The first-order valence-electron chi connectivity index (χ1n) is 9.58. The number of carboxylic acids is 1. The number of ether oxygens (including phenoxy) is 1. The maximum Gasteiger partial charge on any atom is 0.408 e. The zero-order valence-corrected chi connectivity index (χ0v) is 16.9. The number of carboxylic acid groups (broad SMARTS) is 1. The van der Waals surface area contributed by atoms with Crippen LogP contribution in [-0.4, -0.2) is 65.1 Å². The third-order valence-electron chi connectivity index (χ3n) is 4.39. The molecule has 2 atom stereocenters. The number of hydrogen-bond donors (Lipinski definition) is 5. The number of hydrogen-bond acceptors (Lipinski definition) is 7. The summed E-state index contributed by atoms with van der Waals surface area (Å²) < 4.78 is 4.95. The minimum Gasteiger partial charge on any atom is -0.480 e. The summed E-state index contributed by atoms with van der Waals surface area (Å²) in [6.07, 6.45) is 0.0749. The number of aliphatic carboxylic acids is 1. The van der Waals surface area contributed by atoms with Crippen molar-refractivity contribution in [2.75, 3.05) is 18.4 Å². The molecule has 0 radical (unpaired) electrons. The molecular formula is C19H25N5O7. The molecule has 0 saturated carbocycles. The molecule has 12 nitrogen and oxygen atoms in total. The van der Waals surface area contributed by atoms with Gasteiger partial charge in [0, 0.05) is 5.69 Å². The molecule has 1 fully saturated rings. The molecule has 31 heavy (non-hydrogen) atoms. The van der Waals surface area contributed by atoms with Crippen LogP contribution in [0.3, 0.4) is 0 Å². The quantitative estimate of drug-likeness (QED) is 0.318. The summed E-state index contributed by atoms with van der Waals surface area (Å²) in [5, 5.41) is 16.0. The Kier molecular flexibility index (Phi) is 8.32. The van der Waals surface area contributed by atoms with E-state index in [0.717, 1.165) is 4.90 Å². The molecule has 168 valence electrons. The molecule has 1 heterocycles. The first kappa shape index (κ1) is 23.6. The number of nitrogens with two attached hydrogens (primary N) is 1. The van der Waals surface area contributed by atoms with Gasteiger partial charge in [0.05, 0.1) is 0 Å². The van der Waals surface area contributed by atoms with Crippen LogP contribution in [0.15, 0.2) is 24.3 Å². The van der Waals surface area contributed by atoms with E-state index in [1.165, 1.54) is 6.92 Å². The van der Waals surface area contributed by atoms with Crippen molar-refractivity contribution in [2.45, 2.75) is 38.5 Å². The number of nitrogens with zero attached hydrogens (tertiary/aromatic N) is 1. The topological polar surface area (TPSA) is 180 Å². The summed E-state index contributed by atoms with van der Waals surface area (Å²) in [5.74, 6) is -2.25. The number of amides is 5. The fourth-order valence-electron chi connectivity index (χ4n) is 2.76. The number of carbonyl (C=O) groups is 5. The molecule has 6 N–H and O–H groups in total. The van der Waals surface area contributed by atoms with Gasteiger partial charge in [-0.2, -0.15) is 0 Å². The van der Waals surface area contributed by atoms with Crippen molar-refractivity contribution < 1.29 is 33.8 Å². The van der Waals surface area contributed by atoms with Crippen molar-refractivity contribution in [1.29, 1.82) is 0 Å². The number of urea groups is 1. The Morgan fingerprint density at radius 2 is 2.06 bits per heavy atom. The Hall–Kier alpha value is -3.67. The number of anilines is 1. The maximum atomic E-state index is 12.3. The minimum absolute atomic E-state index is 0.155. The van der Waals surface area contributed by atoms with Gasteiger partial charge in [-0.3, -0.25) is 19.3 Å². The lowest BCUT2D eigenvalue weighted by Gasteiger charge is -2.14. The summed E-state index contributed by atoms with van der Waals surface area (Å²) in [4.78, 5) is 59.7. The highest BCUT2D eigenvalue weighted by atomic mass is 16.5. The smallest absolute Gasteiger partial charge is 0.408 e. The van der Waals surface area contributed by atoms with Crippen molar-refractivity contribution in [1.82, 2.24) is 15.5 Å². The van der Waals surface area contributed by atoms with E-state index in [4.69, 9.17) is 15.6 Å². The molecule has 0 bridgehead atoms. The van der Waals surface area contributed by atoms with Gasteiger partial charge in [-0.25, -0.2) is 9.59 Å². The highest BCUT2D eigenvalue weighted by molar-refractivity contribution is 6.07. The van der Waals surface area contributed by atoms with E-state index < -0.39 is 48.5 Å². The average molecular weight is 435 g/mol. The molecule has 1 saturated heterocycles. The van der Waals surface area contributed by atoms with Crippen LogP contribution in [0.2, 0.25) is 0 Å². The molecule has 1 aromatic carbocycles. The van der Waals surface area contributed by atoms with Crippen LogP contribution in [0.25, 0.3) is 0 Å². The third-order valence-corrected chi connectivity index (χ3v) is 4.39. The monoisotopic (exact) mass is 435 g/mol. The summed E-state index contributed by atoms with van der Waals surface area (Å²) in [6.45, 7) is 1.09. The Balaban J connectivity index is 1.87. The molecule has 12 heteroatoms. The number of alkyl carbamates (subject to hydrolysis) is 1. The largest absolute Gasteiger partial charge is 0.480 e. The summed E-state index contributed by atoms with van der Waals surface area (Å²) in [5.41, 5.74) is 6.32. The molecule has 0 aliphatic carbocycles. The zero-order valence-electron chi connectivity index (χ0n) is 16.9. The minimum atomic E-state index is -1.20. The van der Waals surface area contributed by atoms with Gasteiger partial charge in [0.1, 0.15) is 25.2 Å². The Morgan fingerprint density at radius 1 is 1.32 bits per heavy atom. The molecule has 1 aliphatic rings. The molecular weight excluding hydrogens is 410 g/mol. The van der Waals surface area contributed by atoms with Crippen LogP contribution in [0.4, 0.5) is 15.3 Å². The number of carbonyl (C=O) groups excluding carboxylic acids is 4. The van der Waals surface area contributed by atoms with Crippen molar-refractivity contribution in [3.8, 4) is 0 Å². The highest BCUT2D eigenvalue weighted by Crippen LogP contribution is 2.14. The Labute approximate surface area is 178 Å². The van der Waals surface area contributed by atoms with E-state index in [0.29, 0.717) is 30.6 Å². The number of benzene rings is 1. The number of rotatable bonds is 10. The molecule has 1 aromatic rings. The van der Waals surface area contributed by atoms with Gasteiger partial charge in [0.2, 0.25) is 5.91 Å². The second-order valence-electron chi connectivity index (χ2n) is 6.89. The van der Waals surface area contributed by atoms with Gasteiger partial charge < -0.3 is 31.5 Å². The zero-order chi connectivity index (χ0) is 23.0. The summed E-state index contributed by atoms with van der Waals surface area (Å²) in [6, 6.07) is 3.97. The average Bonchev–Trinajstić information content (AvgIpc) is 2.98. The summed E-state index contributed by atoms with van der Waals surface area (Å²) >= 11 is 0. The molecule has 0 aromatic heterocycles. The van der Waals surface area contributed by atoms with Crippen LogP contribution in [0.5, 0.6) is 0 Å². The van der Waals surface area contributed by atoms with Crippen LogP contribution in [-0.2, 0) is 25.7 Å². The number of imide groups is 1. The predicted octanol–water partition coefficient (Wildman–Crippen LogP) is -0.0163. The van der Waals surface area contributed by atoms with E-state index in [9.17, 15) is 24.0 Å². The van der Waals surface area contributed by atoms with Gasteiger partial charge in [-0.05, 0) is 44.0 Å². The van der Waals surface area contributed by atoms with Crippen molar-refractivity contribution in [3.63, 3.8) is 0 Å². The highest BCUT2D eigenvalue weighted by Gasteiger charge is 2.38. The Morgan fingerprint density at radius 3 is 2.74 bits per heavy atom. The van der Waals surface area contributed by atoms with E-state index in [2.05, 4.69) is 16.0 Å². The summed E-state index contributed by atoms with van der Waals surface area (Å²) in [7, 11) is 0. The molecule has 2 rings (SSSR count). The maximum absolute atomic E-state index is 12.3. The van der Waals surface area contributed by atoms with E-state index >= 15 is 0 Å². The van der Waals surface area contributed by atoms with Gasteiger partial charge in [0.15, 0.2) is 0 Å². The fourth-order valence-corrected chi connectivity index (χ4v) is 2.76. The Bertz CT molecular complexity index is 860. The predicted molar refractivity (Wildman–Crippen MR) is 108 cm³/mol. The second-order valence-corrected chi connectivity index (χ2v) is 6.89.